The molecular weight excluding hydrogens is 474 g/mol. The number of nitrogen functional groups attached to an aromatic ring is 1. The normalized spacial score (nSPS) is 14.8. The molecule has 10 heteroatoms. The third-order valence-corrected chi connectivity index (χ3v) is 6.42. The predicted octanol–water partition coefficient (Wildman–Crippen LogP) is 4.03. The van der Waals surface area contributed by atoms with E-state index in [2.05, 4.69) is 9.80 Å². The smallest absolute Gasteiger partial charge is 0.170 e. The van der Waals surface area contributed by atoms with E-state index in [0.717, 1.165) is 48.9 Å². The van der Waals surface area contributed by atoms with Crippen LogP contribution in [0.4, 0.5) is 28.9 Å². The van der Waals surface area contributed by atoms with E-state index in [1.54, 1.807) is 12.1 Å². The van der Waals surface area contributed by atoms with Crippen LogP contribution in [-0.2, 0) is 6.54 Å². The third-order valence-electron chi connectivity index (χ3n) is 6.42. The maximum atomic E-state index is 15.3. The molecule has 4 N–H and O–H groups in total. The fourth-order valence-electron chi connectivity index (χ4n) is 4.55. The van der Waals surface area contributed by atoms with Crippen LogP contribution in [0.1, 0.15) is 15.9 Å². The Hall–Kier alpha value is -3.47. The van der Waals surface area contributed by atoms with Gasteiger partial charge in [-0.3, -0.25) is 9.69 Å². The van der Waals surface area contributed by atoms with Crippen molar-refractivity contribution in [3.05, 3.63) is 70.8 Å². The van der Waals surface area contributed by atoms with Gasteiger partial charge in [0.2, 0.25) is 0 Å². The fourth-order valence-corrected chi connectivity index (χ4v) is 4.55. The molecule has 1 aliphatic heterocycles. The predicted molar refractivity (Wildman–Crippen MR) is 132 cm³/mol. The van der Waals surface area contributed by atoms with Gasteiger partial charge in [0, 0.05) is 45.3 Å². The van der Waals surface area contributed by atoms with Crippen molar-refractivity contribution in [2.24, 2.45) is 5.84 Å². The number of hydrogen-bond acceptors (Lipinski definition) is 6. The Morgan fingerprint density at radius 3 is 2.06 bits per heavy atom. The van der Waals surface area contributed by atoms with E-state index in [1.165, 1.54) is 19.2 Å². The van der Waals surface area contributed by atoms with Gasteiger partial charge in [0.1, 0.15) is 0 Å². The molecule has 0 spiro atoms. The van der Waals surface area contributed by atoms with Gasteiger partial charge in [-0.15, -0.1) is 0 Å². The highest BCUT2D eigenvalue weighted by molar-refractivity contribution is 5.93. The number of benzene rings is 3. The molecule has 1 saturated heterocycles. The maximum absolute atomic E-state index is 15.3. The van der Waals surface area contributed by atoms with Crippen LogP contribution in [0, 0.1) is 23.3 Å². The van der Waals surface area contributed by atoms with Crippen LogP contribution in [0.5, 0.6) is 0 Å². The molecule has 3 aromatic carbocycles. The van der Waals surface area contributed by atoms with Crippen LogP contribution in [0.25, 0.3) is 22.3 Å². The van der Waals surface area contributed by atoms with Crippen LogP contribution in [0.15, 0.2) is 36.4 Å². The first-order valence-corrected chi connectivity index (χ1v) is 11.4. The standard InChI is InChI=1S/C26H27F4N5O/c1-33-6-8-35(9-7-33)13-15-4-3-5-16(10-15)20-22(27)24(29)21(25(30)23(20)28)17-11-18(14-36)26(34(2)32)19(31)12-17/h3-5,10-12,14H,6-9,13,31-32H2,1-2H3. The molecule has 0 saturated carbocycles. The SMILES string of the molecule is CN1CCN(Cc2cccc(-c3c(F)c(F)c(-c4cc(N)c(N(C)N)c(C=O)c4)c(F)c3F)c2)CC1. The highest BCUT2D eigenvalue weighted by Crippen LogP contribution is 2.39. The molecule has 36 heavy (non-hydrogen) atoms. The molecule has 1 fully saturated rings. The van der Waals surface area contributed by atoms with E-state index < -0.39 is 34.4 Å². The summed E-state index contributed by atoms with van der Waals surface area (Å²) in [5.41, 5.74) is 4.61. The second kappa shape index (κ2) is 10.3. The van der Waals surface area contributed by atoms with Crippen molar-refractivity contribution in [1.29, 1.82) is 0 Å². The Morgan fingerprint density at radius 1 is 0.917 bits per heavy atom. The van der Waals surface area contributed by atoms with Gasteiger partial charge in [0.05, 0.1) is 22.5 Å². The first-order valence-electron chi connectivity index (χ1n) is 11.4. The van der Waals surface area contributed by atoms with E-state index in [0.29, 0.717) is 12.8 Å². The van der Waals surface area contributed by atoms with Gasteiger partial charge < -0.3 is 15.6 Å². The van der Waals surface area contributed by atoms with E-state index in [9.17, 15) is 4.79 Å². The highest BCUT2D eigenvalue weighted by atomic mass is 19.2. The molecule has 0 bridgehead atoms. The number of halogens is 4. The summed E-state index contributed by atoms with van der Waals surface area (Å²) in [5, 5.41) is 1.06. The minimum absolute atomic E-state index is 0.0224. The van der Waals surface area contributed by atoms with Crippen molar-refractivity contribution in [1.82, 2.24) is 9.80 Å². The number of piperazine rings is 1. The van der Waals surface area contributed by atoms with E-state index >= 15 is 17.6 Å². The molecule has 6 nitrogen and oxygen atoms in total. The molecule has 1 aliphatic rings. The quantitative estimate of drug-likeness (QED) is 0.133. The molecule has 0 unspecified atom stereocenters. The van der Waals surface area contributed by atoms with Crippen LogP contribution >= 0.6 is 0 Å². The lowest BCUT2D eigenvalue weighted by atomic mass is 9.94. The van der Waals surface area contributed by atoms with Crippen molar-refractivity contribution < 1.29 is 22.4 Å². The summed E-state index contributed by atoms with van der Waals surface area (Å²) in [6.07, 6.45) is 0.390. The summed E-state index contributed by atoms with van der Waals surface area (Å²) < 4.78 is 61.0. The lowest BCUT2D eigenvalue weighted by Gasteiger charge is -2.32. The lowest BCUT2D eigenvalue weighted by Crippen LogP contribution is -2.43. The Balaban J connectivity index is 1.76. The first-order chi connectivity index (χ1) is 17.1. The number of rotatable bonds is 6. The maximum Gasteiger partial charge on any atom is 0.170 e. The van der Waals surface area contributed by atoms with Gasteiger partial charge in [0.25, 0.3) is 0 Å². The van der Waals surface area contributed by atoms with Gasteiger partial charge in [-0.2, -0.15) is 0 Å². The number of hydrazine groups is 1. The number of anilines is 2. The van der Waals surface area contributed by atoms with Crippen molar-refractivity contribution in [3.63, 3.8) is 0 Å². The molecule has 4 rings (SSSR count). The second-order valence-corrected chi connectivity index (χ2v) is 9.02. The Morgan fingerprint density at radius 2 is 1.50 bits per heavy atom. The van der Waals surface area contributed by atoms with Crippen molar-refractivity contribution in [3.8, 4) is 22.3 Å². The van der Waals surface area contributed by atoms with Gasteiger partial charge in [-0.05, 0) is 41.9 Å². The number of carbonyl (C=O) groups is 1. The van der Waals surface area contributed by atoms with Crippen molar-refractivity contribution >= 4 is 17.7 Å². The van der Waals surface area contributed by atoms with Gasteiger partial charge >= 0.3 is 0 Å². The molecule has 0 aromatic heterocycles. The Bertz CT molecular complexity index is 1280. The summed E-state index contributed by atoms with van der Waals surface area (Å²) in [5.74, 6) is -0.570. The lowest BCUT2D eigenvalue weighted by molar-refractivity contribution is 0.112. The van der Waals surface area contributed by atoms with Crippen LogP contribution < -0.4 is 16.6 Å². The summed E-state index contributed by atoms with van der Waals surface area (Å²) in [7, 11) is 3.46. The third kappa shape index (κ3) is 4.79. The zero-order valence-electron chi connectivity index (χ0n) is 20.0. The van der Waals surface area contributed by atoms with E-state index in [-0.39, 0.29) is 28.1 Å². The van der Waals surface area contributed by atoms with Crippen molar-refractivity contribution in [2.75, 3.05) is 51.0 Å². The van der Waals surface area contributed by atoms with Gasteiger partial charge in [-0.1, -0.05) is 18.2 Å². The van der Waals surface area contributed by atoms with Crippen LogP contribution in [0.3, 0.4) is 0 Å². The number of nitrogens with two attached hydrogens (primary N) is 2. The molecule has 0 radical (unpaired) electrons. The zero-order chi connectivity index (χ0) is 26.1. The summed E-state index contributed by atoms with van der Waals surface area (Å²) in [6, 6.07) is 8.54. The summed E-state index contributed by atoms with van der Waals surface area (Å²) >= 11 is 0. The molecule has 3 aromatic rings. The molecule has 1 heterocycles. The number of nitrogens with zero attached hydrogens (tertiary/aromatic N) is 3. The van der Waals surface area contributed by atoms with Gasteiger partial charge in [0.15, 0.2) is 29.6 Å². The molecular formula is C26H27F4N5O. The fraction of sp³-hybridized carbons (Fsp3) is 0.269. The monoisotopic (exact) mass is 501 g/mol. The minimum atomic E-state index is -1.58. The highest BCUT2D eigenvalue weighted by Gasteiger charge is 2.28. The minimum Gasteiger partial charge on any atom is -0.397 e. The van der Waals surface area contributed by atoms with Crippen LogP contribution in [-0.4, -0.2) is 56.4 Å². The average molecular weight is 502 g/mol. The first kappa shape index (κ1) is 25.6. The average Bonchev–Trinajstić information content (AvgIpc) is 2.84. The molecule has 190 valence electrons. The number of aldehydes is 1. The Labute approximate surface area is 206 Å². The van der Waals surface area contributed by atoms with Gasteiger partial charge in [-0.25, -0.2) is 23.4 Å². The number of hydrogen-bond donors (Lipinski definition) is 2. The summed E-state index contributed by atoms with van der Waals surface area (Å²) in [4.78, 5) is 15.9. The molecule has 0 atom stereocenters. The number of carbonyl (C=O) groups excluding carboxylic acids is 1. The zero-order valence-corrected chi connectivity index (χ0v) is 20.0. The Kier molecular flexibility index (Phi) is 7.30. The number of likely N-dealkylation sites (N-methyl/N-ethyl adjacent to an activating group) is 1. The largest absolute Gasteiger partial charge is 0.397 e. The topological polar surface area (TPSA) is 78.8 Å². The summed E-state index contributed by atoms with van der Waals surface area (Å²) in [6.45, 7) is 4.03. The van der Waals surface area contributed by atoms with E-state index in [4.69, 9.17) is 11.6 Å². The second-order valence-electron chi connectivity index (χ2n) is 9.02. The molecule has 0 aliphatic carbocycles. The van der Waals surface area contributed by atoms with Crippen molar-refractivity contribution in [2.45, 2.75) is 6.54 Å². The van der Waals surface area contributed by atoms with Crippen LogP contribution in [0.2, 0.25) is 0 Å². The van der Waals surface area contributed by atoms with E-state index in [1.807, 2.05) is 7.05 Å². The molecule has 0 amide bonds.